The number of rotatable bonds is 8. The minimum atomic E-state index is 0.159. The molecule has 1 aliphatic heterocycles. The van der Waals surface area contributed by atoms with Gasteiger partial charge in [-0.05, 0) is 36.8 Å². The van der Waals surface area contributed by atoms with E-state index in [1.165, 1.54) is 0 Å². The summed E-state index contributed by atoms with van der Waals surface area (Å²) in [4.78, 5) is 23.4. The summed E-state index contributed by atoms with van der Waals surface area (Å²) in [6.07, 6.45) is 1.84. The first-order chi connectivity index (χ1) is 13.6. The minimum absolute atomic E-state index is 0.159. The van der Waals surface area contributed by atoms with Gasteiger partial charge in [0.25, 0.3) is 0 Å². The van der Waals surface area contributed by atoms with Gasteiger partial charge in [0.2, 0.25) is 5.91 Å². The van der Waals surface area contributed by atoms with Crippen LogP contribution in [0.4, 0.5) is 0 Å². The molecule has 1 aliphatic rings. The predicted molar refractivity (Wildman–Crippen MR) is 110 cm³/mol. The lowest BCUT2D eigenvalue weighted by molar-refractivity contribution is -0.132. The van der Waals surface area contributed by atoms with Crippen molar-refractivity contribution in [1.29, 1.82) is 0 Å². The lowest BCUT2D eigenvalue weighted by Gasteiger charge is -2.34. The molecule has 0 spiro atoms. The van der Waals surface area contributed by atoms with E-state index in [0.29, 0.717) is 19.7 Å². The highest BCUT2D eigenvalue weighted by Crippen LogP contribution is 2.14. The molecule has 0 unspecified atom stereocenters. The molecular formula is C22H30N4O2. The zero-order valence-electron chi connectivity index (χ0n) is 16.9. The average molecular weight is 383 g/mol. The summed E-state index contributed by atoms with van der Waals surface area (Å²) >= 11 is 0. The van der Waals surface area contributed by atoms with Gasteiger partial charge < -0.3 is 9.64 Å². The standard InChI is InChI=1S/C22H30N4O2/c1-3-28-21-9-7-19(8-10-21)16-24(2)22(27)18-26-14-12-25(13-15-26)17-20-6-4-5-11-23-20/h4-11H,3,12-18H2,1-2H3. The summed E-state index contributed by atoms with van der Waals surface area (Å²) in [5, 5.41) is 0. The van der Waals surface area contributed by atoms with Crippen LogP contribution >= 0.6 is 0 Å². The van der Waals surface area contributed by atoms with E-state index in [1.54, 1.807) is 4.90 Å². The molecule has 6 nitrogen and oxygen atoms in total. The molecule has 0 bridgehead atoms. The lowest BCUT2D eigenvalue weighted by Crippen LogP contribution is -2.49. The molecule has 1 amide bonds. The highest BCUT2D eigenvalue weighted by Gasteiger charge is 2.20. The van der Waals surface area contributed by atoms with Crippen molar-refractivity contribution in [2.75, 3.05) is 46.4 Å². The molecule has 1 aromatic carbocycles. The molecule has 2 aromatic rings. The number of piperazine rings is 1. The van der Waals surface area contributed by atoms with E-state index in [1.807, 2.05) is 56.6 Å². The maximum absolute atomic E-state index is 12.6. The Morgan fingerprint density at radius 3 is 2.43 bits per heavy atom. The van der Waals surface area contributed by atoms with E-state index in [-0.39, 0.29) is 5.91 Å². The van der Waals surface area contributed by atoms with E-state index >= 15 is 0 Å². The first-order valence-corrected chi connectivity index (χ1v) is 9.94. The molecule has 0 atom stereocenters. The molecule has 150 valence electrons. The zero-order chi connectivity index (χ0) is 19.8. The van der Waals surface area contributed by atoms with Crippen LogP contribution < -0.4 is 4.74 Å². The smallest absolute Gasteiger partial charge is 0.236 e. The Bertz CT molecular complexity index is 728. The second-order valence-electron chi connectivity index (χ2n) is 7.20. The van der Waals surface area contributed by atoms with Gasteiger partial charge in [0.15, 0.2) is 0 Å². The normalized spacial score (nSPS) is 15.4. The van der Waals surface area contributed by atoms with Crippen molar-refractivity contribution >= 4 is 5.91 Å². The molecule has 0 saturated carbocycles. The van der Waals surface area contributed by atoms with Crippen LogP contribution in [0.15, 0.2) is 48.7 Å². The third kappa shape index (κ3) is 6.04. The van der Waals surface area contributed by atoms with Gasteiger partial charge in [-0.3, -0.25) is 19.6 Å². The Labute approximate surface area is 167 Å². The largest absolute Gasteiger partial charge is 0.494 e. The molecule has 0 radical (unpaired) electrons. The average Bonchev–Trinajstić information content (AvgIpc) is 2.72. The Kier molecular flexibility index (Phi) is 7.39. The fourth-order valence-electron chi connectivity index (χ4n) is 3.36. The number of aromatic nitrogens is 1. The van der Waals surface area contributed by atoms with Gasteiger partial charge in [0.1, 0.15) is 5.75 Å². The van der Waals surface area contributed by atoms with Crippen molar-refractivity contribution in [3.63, 3.8) is 0 Å². The van der Waals surface area contributed by atoms with Crippen LogP contribution in [0.1, 0.15) is 18.2 Å². The van der Waals surface area contributed by atoms with Gasteiger partial charge >= 0.3 is 0 Å². The van der Waals surface area contributed by atoms with Crippen LogP contribution in [-0.2, 0) is 17.9 Å². The number of pyridine rings is 1. The monoisotopic (exact) mass is 382 g/mol. The lowest BCUT2D eigenvalue weighted by atomic mass is 10.2. The van der Waals surface area contributed by atoms with Gasteiger partial charge in [-0.2, -0.15) is 0 Å². The van der Waals surface area contributed by atoms with Gasteiger partial charge in [-0.25, -0.2) is 0 Å². The second kappa shape index (κ2) is 10.2. The minimum Gasteiger partial charge on any atom is -0.494 e. The van der Waals surface area contributed by atoms with Gasteiger partial charge in [-0.1, -0.05) is 18.2 Å². The first-order valence-electron chi connectivity index (χ1n) is 9.94. The third-order valence-corrected chi connectivity index (χ3v) is 5.02. The topological polar surface area (TPSA) is 48.9 Å². The van der Waals surface area contributed by atoms with E-state index in [2.05, 4.69) is 20.9 Å². The van der Waals surface area contributed by atoms with Crippen molar-refractivity contribution < 1.29 is 9.53 Å². The number of nitrogens with zero attached hydrogens (tertiary/aromatic N) is 4. The summed E-state index contributed by atoms with van der Waals surface area (Å²) in [7, 11) is 1.87. The molecule has 1 fully saturated rings. The Balaban J connectivity index is 1.41. The molecule has 1 saturated heterocycles. The molecule has 0 N–H and O–H groups in total. The third-order valence-electron chi connectivity index (χ3n) is 5.02. The van der Waals surface area contributed by atoms with Crippen LogP contribution in [-0.4, -0.2) is 72.0 Å². The van der Waals surface area contributed by atoms with E-state index in [4.69, 9.17) is 4.74 Å². The second-order valence-corrected chi connectivity index (χ2v) is 7.20. The molecule has 1 aromatic heterocycles. The van der Waals surface area contributed by atoms with E-state index < -0.39 is 0 Å². The van der Waals surface area contributed by atoms with Crippen molar-refractivity contribution in [2.45, 2.75) is 20.0 Å². The van der Waals surface area contributed by atoms with Crippen molar-refractivity contribution in [2.24, 2.45) is 0 Å². The molecule has 6 heteroatoms. The van der Waals surface area contributed by atoms with Crippen LogP contribution in [0, 0.1) is 0 Å². The maximum atomic E-state index is 12.6. The summed E-state index contributed by atoms with van der Waals surface area (Å²) in [5.41, 5.74) is 2.21. The molecular weight excluding hydrogens is 352 g/mol. The number of carbonyl (C=O) groups is 1. The summed E-state index contributed by atoms with van der Waals surface area (Å²) in [6.45, 7) is 8.35. The van der Waals surface area contributed by atoms with Crippen LogP contribution in [0.25, 0.3) is 0 Å². The molecule has 2 heterocycles. The van der Waals surface area contributed by atoms with Crippen LogP contribution in [0.5, 0.6) is 5.75 Å². The molecule has 28 heavy (non-hydrogen) atoms. The Hall–Kier alpha value is -2.44. The van der Waals surface area contributed by atoms with Crippen molar-refractivity contribution in [3.8, 4) is 5.75 Å². The quantitative estimate of drug-likeness (QED) is 0.701. The number of ether oxygens (including phenoxy) is 1. The van der Waals surface area contributed by atoms with Gasteiger partial charge in [0.05, 0.1) is 18.8 Å². The van der Waals surface area contributed by atoms with Gasteiger partial charge in [0, 0.05) is 52.5 Å². The van der Waals surface area contributed by atoms with E-state index in [0.717, 1.165) is 49.7 Å². The number of amides is 1. The summed E-state index contributed by atoms with van der Waals surface area (Å²) < 4.78 is 5.46. The fraction of sp³-hybridized carbons (Fsp3) is 0.455. The summed E-state index contributed by atoms with van der Waals surface area (Å²) in [6, 6.07) is 14.0. The molecule has 0 aliphatic carbocycles. The van der Waals surface area contributed by atoms with Gasteiger partial charge in [-0.15, -0.1) is 0 Å². The number of likely N-dealkylation sites (N-methyl/N-ethyl adjacent to an activating group) is 1. The summed E-state index contributed by atoms with van der Waals surface area (Å²) in [5.74, 6) is 1.02. The highest BCUT2D eigenvalue weighted by atomic mass is 16.5. The maximum Gasteiger partial charge on any atom is 0.236 e. The highest BCUT2D eigenvalue weighted by molar-refractivity contribution is 5.78. The van der Waals surface area contributed by atoms with Crippen LogP contribution in [0.2, 0.25) is 0 Å². The van der Waals surface area contributed by atoms with E-state index in [9.17, 15) is 4.79 Å². The number of carbonyl (C=O) groups excluding carboxylic acids is 1. The predicted octanol–water partition coefficient (Wildman–Crippen LogP) is 2.26. The zero-order valence-corrected chi connectivity index (χ0v) is 16.9. The SMILES string of the molecule is CCOc1ccc(CN(C)C(=O)CN2CCN(Cc3ccccn3)CC2)cc1. The Morgan fingerprint density at radius 2 is 1.79 bits per heavy atom. The Morgan fingerprint density at radius 1 is 1.07 bits per heavy atom. The van der Waals surface area contributed by atoms with Crippen molar-refractivity contribution in [1.82, 2.24) is 19.7 Å². The number of hydrogen-bond acceptors (Lipinski definition) is 5. The first kappa shape index (κ1) is 20.3. The van der Waals surface area contributed by atoms with Crippen molar-refractivity contribution in [3.05, 3.63) is 59.9 Å². The number of benzene rings is 1. The fourth-order valence-corrected chi connectivity index (χ4v) is 3.36. The number of hydrogen-bond donors (Lipinski definition) is 0. The molecule has 3 rings (SSSR count). The van der Waals surface area contributed by atoms with Crippen LogP contribution in [0.3, 0.4) is 0 Å².